The minimum absolute atomic E-state index is 0.184. The molecule has 14 heavy (non-hydrogen) atoms. The smallest absolute Gasteiger partial charge is 0.268 e. The number of carbonyl (C=O) groups is 1. The fraction of sp³-hybridized carbons (Fsp3) is 0.125. The largest absolute Gasteiger partial charge is 0.290 e. The second kappa shape index (κ2) is 4.37. The van der Waals surface area contributed by atoms with Crippen LogP contribution >= 0.6 is 36.3 Å². The molecule has 6 heteroatoms. The molecule has 0 radical (unpaired) electrons. The molecule has 1 amide bonds. The van der Waals surface area contributed by atoms with Crippen molar-refractivity contribution in [3.8, 4) is 0 Å². The molecule has 0 saturated heterocycles. The van der Waals surface area contributed by atoms with Crippen LogP contribution in [0, 0.1) is 0 Å². The lowest BCUT2D eigenvalue weighted by Gasteiger charge is -2.05. The highest BCUT2D eigenvalue weighted by Gasteiger charge is 2.25. The number of thioether (sulfide) groups is 1. The highest BCUT2D eigenvalue weighted by atomic mass is 32.2. The van der Waals surface area contributed by atoms with Crippen LogP contribution in [0.3, 0.4) is 0 Å². The summed E-state index contributed by atoms with van der Waals surface area (Å²) in [7, 11) is 0. The molecule has 1 aliphatic heterocycles. The summed E-state index contributed by atoms with van der Waals surface area (Å²) in [6, 6.07) is 7.65. The molecule has 3 nitrogen and oxygen atoms in total. The molecule has 0 N–H and O–H groups in total. The van der Waals surface area contributed by atoms with Crippen molar-refractivity contribution >= 4 is 42.2 Å². The Balaban J connectivity index is 2.12. The van der Waals surface area contributed by atoms with Crippen LogP contribution in [0.1, 0.15) is 0 Å². The van der Waals surface area contributed by atoms with Crippen molar-refractivity contribution < 1.29 is 4.79 Å². The number of nitrogens with zero attached hydrogens (tertiary/aromatic N) is 2. The first-order valence-electron chi connectivity index (χ1n) is 3.83. The topological polar surface area (TPSA) is 41.8 Å². The van der Waals surface area contributed by atoms with E-state index in [4.69, 9.17) is 0 Å². The van der Waals surface area contributed by atoms with E-state index in [1.54, 1.807) is 0 Å². The summed E-state index contributed by atoms with van der Waals surface area (Å²) in [5.74, 6) is -0.184. The standard InChI is InChI=1S/C8H6N2OS3/c11-7-8(14-10-9-7)13-6-4-2-1-3-5(6)12/h1-4,8,12H. The van der Waals surface area contributed by atoms with E-state index in [0.717, 1.165) is 9.79 Å². The summed E-state index contributed by atoms with van der Waals surface area (Å²) in [6.45, 7) is 0. The predicted octanol–water partition coefficient (Wildman–Crippen LogP) is 3.03. The van der Waals surface area contributed by atoms with Crippen LogP contribution in [-0.2, 0) is 4.79 Å². The summed E-state index contributed by atoms with van der Waals surface area (Å²) in [5.41, 5.74) is 0. The first-order valence-corrected chi connectivity index (χ1v) is 5.99. The second-order valence-electron chi connectivity index (χ2n) is 2.54. The Morgan fingerprint density at radius 2 is 2.21 bits per heavy atom. The van der Waals surface area contributed by atoms with Crippen LogP contribution in [0.5, 0.6) is 0 Å². The van der Waals surface area contributed by atoms with E-state index in [-0.39, 0.29) is 10.5 Å². The van der Waals surface area contributed by atoms with Gasteiger partial charge in [-0.05, 0) is 12.1 Å². The van der Waals surface area contributed by atoms with Gasteiger partial charge in [-0.2, -0.15) is 0 Å². The molecular weight excluding hydrogens is 236 g/mol. The van der Waals surface area contributed by atoms with Gasteiger partial charge in [0.2, 0.25) is 0 Å². The van der Waals surface area contributed by atoms with E-state index in [0.29, 0.717) is 0 Å². The van der Waals surface area contributed by atoms with Crippen molar-refractivity contribution in [2.45, 2.75) is 14.4 Å². The zero-order valence-electron chi connectivity index (χ0n) is 6.95. The molecule has 2 rings (SSSR count). The van der Waals surface area contributed by atoms with Gasteiger partial charge in [-0.1, -0.05) is 23.9 Å². The monoisotopic (exact) mass is 242 g/mol. The van der Waals surface area contributed by atoms with Gasteiger partial charge in [-0.25, -0.2) is 0 Å². The van der Waals surface area contributed by atoms with E-state index in [9.17, 15) is 4.79 Å². The molecule has 1 aromatic carbocycles. The molecule has 1 aliphatic rings. The van der Waals surface area contributed by atoms with Crippen LogP contribution in [0.15, 0.2) is 43.7 Å². The maximum absolute atomic E-state index is 11.2. The molecule has 1 aromatic rings. The van der Waals surface area contributed by atoms with Crippen molar-refractivity contribution in [1.82, 2.24) is 0 Å². The lowest BCUT2D eigenvalue weighted by molar-refractivity contribution is -0.116. The number of benzene rings is 1. The van der Waals surface area contributed by atoms with Gasteiger partial charge < -0.3 is 0 Å². The summed E-state index contributed by atoms with van der Waals surface area (Å²) in [6.07, 6.45) is 0. The first kappa shape index (κ1) is 10.1. The van der Waals surface area contributed by atoms with Gasteiger partial charge in [0.25, 0.3) is 5.91 Å². The Kier molecular flexibility index (Phi) is 3.15. The number of thiol groups is 1. The lowest BCUT2D eigenvalue weighted by Crippen LogP contribution is -2.04. The Morgan fingerprint density at radius 1 is 1.43 bits per heavy atom. The number of rotatable bonds is 2. The van der Waals surface area contributed by atoms with Crippen molar-refractivity contribution in [2.75, 3.05) is 0 Å². The average Bonchev–Trinajstić information content (AvgIpc) is 2.56. The van der Waals surface area contributed by atoms with Crippen molar-refractivity contribution in [3.63, 3.8) is 0 Å². The summed E-state index contributed by atoms with van der Waals surface area (Å²) >= 11 is 6.92. The van der Waals surface area contributed by atoms with Crippen molar-refractivity contribution in [1.29, 1.82) is 0 Å². The van der Waals surface area contributed by atoms with E-state index < -0.39 is 0 Å². The molecule has 0 aromatic heterocycles. The number of carbonyl (C=O) groups excluding carboxylic acids is 1. The fourth-order valence-corrected chi connectivity index (χ4v) is 2.94. The van der Waals surface area contributed by atoms with E-state index >= 15 is 0 Å². The first-order chi connectivity index (χ1) is 6.77. The predicted molar refractivity (Wildman–Crippen MR) is 60.8 cm³/mol. The van der Waals surface area contributed by atoms with Gasteiger partial charge in [0.15, 0.2) is 4.58 Å². The minimum atomic E-state index is -0.247. The quantitative estimate of drug-likeness (QED) is 0.640. The fourth-order valence-electron chi connectivity index (χ4n) is 0.943. The van der Waals surface area contributed by atoms with Gasteiger partial charge in [0.1, 0.15) is 0 Å². The lowest BCUT2D eigenvalue weighted by atomic mass is 10.4. The van der Waals surface area contributed by atoms with Crippen LogP contribution in [0.25, 0.3) is 0 Å². The molecule has 0 bridgehead atoms. The zero-order chi connectivity index (χ0) is 9.97. The van der Waals surface area contributed by atoms with Gasteiger partial charge in [0, 0.05) is 21.7 Å². The minimum Gasteiger partial charge on any atom is -0.268 e. The molecule has 0 saturated carbocycles. The normalized spacial score (nSPS) is 20.4. The molecule has 1 atom stereocenters. The number of hydrogen-bond donors (Lipinski definition) is 1. The van der Waals surface area contributed by atoms with Crippen molar-refractivity contribution in [2.24, 2.45) is 9.63 Å². The zero-order valence-corrected chi connectivity index (χ0v) is 9.48. The third-order valence-electron chi connectivity index (χ3n) is 1.58. The van der Waals surface area contributed by atoms with Gasteiger partial charge in [-0.3, -0.25) is 4.79 Å². The Morgan fingerprint density at radius 3 is 2.86 bits per heavy atom. The highest BCUT2D eigenvalue weighted by Crippen LogP contribution is 2.38. The molecule has 1 heterocycles. The molecule has 0 fully saturated rings. The third-order valence-corrected chi connectivity index (χ3v) is 4.27. The average molecular weight is 242 g/mol. The summed E-state index contributed by atoms with van der Waals surface area (Å²) in [4.78, 5) is 13.0. The van der Waals surface area contributed by atoms with Crippen LogP contribution < -0.4 is 0 Å². The van der Waals surface area contributed by atoms with Gasteiger partial charge >= 0.3 is 0 Å². The maximum atomic E-state index is 11.2. The Hall–Kier alpha value is -0.460. The summed E-state index contributed by atoms with van der Waals surface area (Å²) < 4.78 is 3.37. The van der Waals surface area contributed by atoms with Gasteiger partial charge in [0.05, 0.1) is 0 Å². The van der Waals surface area contributed by atoms with Gasteiger partial charge in [-0.15, -0.1) is 22.3 Å². The van der Waals surface area contributed by atoms with Crippen molar-refractivity contribution in [3.05, 3.63) is 24.3 Å². The van der Waals surface area contributed by atoms with Crippen LogP contribution in [0.4, 0.5) is 0 Å². The van der Waals surface area contributed by atoms with E-state index in [1.165, 1.54) is 23.7 Å². The van der Waals surface area contributed by atoms with Crippen LogP contribution in [0.2, 0.25) is 0 Å². The summed E-state index contributed by atoms with van der Waals surface area (Å²) in [5, 5.41) is 3.45. The van der Waals surface area contributed by atoms with E-state index in [1.807, 2.05) is 24.3 Å². The van der Waals surface area contributed by atoms with E-state index in [2.05, 4.69) is 22.3 Å². The molecule has 72 valence electrons. The molecule has 1 unspecified atom stereocenters. The maximum Gasteiger partial charge on any atom is 0.290 e. The van der Waals surface area contributed by atoms with Crippen LogP contribution in [-0.4, -0.2) is 10.5 Å². The molecular formula is C8H6N2OS3. The molecule has 0 spiro atoms. The Labute approximate surface area is 95.3 Å². The number of amides is 1. The third kappa shape index (κ3) is 2.13. The molecule has 0 aliphatic carbocycles. The number of hydrogen-bond acceptors (Lipinski definition) is 5. The highest BCUT2D eigenvalue weighted by molar-refractivity contribution is 8.17. The Bertz CT molecular complexity index is 394. The second-order valence-corrected chi connectivity index (χ2v) is 5.32. The SMILES string of the molecule is O=C1N=NSC1Sc1ccccc1S.